The van der Waals surface area contributed by atoms with Gasteiger partial charge in [0, 0.05) is 19.3 Å². The number of ether oxygens (including phenoxy) is 3. The lowest BCUT2D eigenvalue weighted by atomic mass is 10.2. The van der Waals surface area contributed by atoms with Crippen molar-refractivity contribution in [1.82, 2.24) is 15.2 Å². The monoisotopic (exact) mass is 428 g/mol. The Bertz CT molecular complexity index is 812. The Hall–Kier alpha value is -2.25. The topological polar surface area (TPSA) is 69.0 Å². The molecule has 2 N–H and O–H groups in total. The number of nitrogens with zero attached hydrogens (tertiary/aromatic N) is 2. The molecule has 154 valence electrons. The van der Waals surface area contributed by atoms with Gasteiger partial charge in [-0.15, -0.1) is 0 Å². The molecule has 0 saturated carbocycles. The maximum atomic E-state index is 6.12. The van der Waals surface area contributed by atoms with Crippen molar-refractivity contribution >= 4 is 29.2 Å². The number of methoxy groups -OCH3 is 3. The van der Waals surface area contributed by atoms with Gasteiger partial charge in [-0.2, -0.15) is 0 Å². The number of benzene rings is 1. The molecule has 2 rings (SSSR count). The lowest BCUT2D eigenvalue weighted by molar-refractivity contribution is 0.324. The molecule has 0 saturated heterocycles. The minimum atomic E-state index is 0.431. The summed E-state index contributed by atoms with van der Waals surface area (Å²) in [7, 11) is 6.62. The summed E-state index contributed by atoms with van der Waals surface area (Å²) in [6.45, 7) is 3.70. The van der Waals surface area contributed by atoms with E-state index in [1.807, 2.05) is 36.7 Å². The Morgan fingerprint density at radius 1 is 1.04 bits per heavy atom. The zero-order valence-corrected chi connectivity index (χ0v) is 18.2. The SMILES string of the molecule is CCNC(=NCc1cc(OC)c(OC)c(OC)c1)NCc1cc(Cl)c(Cl)n1C. The molecular formula is C19H26Cl2N4O3. The van der Waals surface area contributed by atoms with Crippen LogP contribution >= 0.6 is 23.2 Å². The fourth-order valence-corrected chi connectivity index (χ4v) is 3.09. The predicted molar refractivity (Wildman–Crippen MR) is 113 cm³/mol. The highest BCUT2D eigenvalue weighted by Gasteiger charge is 2.13. The average molecular weight is 429 g/mol. The van der Waals surface area contributed by atoms with Crippen LogP contribution in [-0.2, 0) is 20.1 Å². The standard InChI is InChI=1S/C19H26Cl2N4O3/c1-6-22-19(24-11-13-9-14(20)18(21)25(13)2)23-10-12-7-15(26-3)17(28-5)16(8-12)27-4/h7-9H,6,10-11H2,1-5H3,(H2,22,23,24). The third kappa shape index (κ3) is 5.17. The maximum absolute atomic E-state index is 6.12. The van der Waals surface area contributed by atoms with E-state index in [4.69, 9.17) is 37.4 Å². The van der Waals surface area contributed by atoms with Crippen molar-refractivity contribution in [3.8, 4) is 17.2 Å². The molecule has 0 radical (unpaired) electrons. The van der Waals surface area contributed by atoms with Crippen LogP contribution in [-0.4, -0.2) is 38.4 Å². The van der Waals surface area contributed by atoms with E-state index in [-0.39, 0.29) is 0 Å². The first-order valence-electron chi connectivity index (χ1n) is 8.75. The van der Waals surface area contributed by atoms with Crippen molar-refractivity contribution in [2.45, 2.75) is 20.0 Å². The molecule has 28 heavy (non-hydrogen) atoms. The normalized spacial score (nSPS) is 11.3. The van der Waals surface area contributed by atoms with Gasteiger partial charge >= 0.3 is 0 Å². The minimum absolute atomic E-state index is 0.431. The number of nitrogens with one attached hydrogen (secondary N) is 2. The summed E-state index contributed by atoms with van der Waals surface area (Å²) in [6, 6.07) is 5.59. The smallest absolute Gasteiger partial charge is 0.203 e. The number of hydrogen-bond donors (Lipinski definition) is 2. The van der Waals surface area contributed by atoms with E-state index in [0.717, 1.165) is 17.8 Å². The second-order valence-electron chi connectivity index (χ2n) is 5.92. The van der Waals surface area contributed by atoms with E-state index in [0.29, 0.717) is 46.5 Å². The van der Waals surface area contributed by atoms with Crippen molar-refractivity contribution in [3.05, 3.63) is 39.6 Å². The van der Waals surface area contributed by atoms with Gasteiger partial charge < -0.3 is 29.4 Å². The Morgan fingerprint density at radius 3 is 2.14 bits per heavy atom. The van der Waals surface area contributed by atoms with Crippen LogP contribution in [0.3, 0.4) is 0 Å². The van der Waals surface area contributed by atoms with Crippen molar-refractivity contribution in [2.24, 2.45) is 12.0 Å². The number of guanidine groups is 1. The molecule has 0 aliphatic rings. The third-order valence-corrected chi connectivity index (χ3v) is 4.98. The summed E-state index contributed by atoms with van der Waals surface area (Å²) in [5, 5.41) is 7.54. The average Bonchev–Trinajstić information content (AvgIpc) is 2.95. The van der Waals surface area contributed by atoms with Gasteiger partial charge in [-0.3, -0.25) is 0 Å². The number of aromatic nitrogens is 1. The Labute approximate surface area is 175 Å². The molecular weight excluding hydrogens is 403 g/mol. The van der Waals surface area contributed by atoms with Gasteiger partial charge in [-0.25, -0.2) is 4.99 Å². The van der Waals surface area contributed by atoms with Gasteiger partial charge in [0.1, 0.15) is 5.15 Å². The van der Waals surface area contributed by atoms with Gasteiger partial charge in [-0.05, 0) is 30.7 Å². The largest absolute Gasteiger partial charge is 0.493 e. The third-order valence-electron chi connectivity index (χ3n) is 4.14. The van der Waals surface area contributed by atoms with E-state index in [1.54, 1.807) is 21.3 Å². The fourth-order valence-electron chi connectivity index (χ4n) is 2.67. The second-order valence-corrected chi connectivity index (χ2v) is 6.68. The molecule has 1 aromatic heterocycles. The lowest BCUT2D eigenvalue weighted by Crippen LogP contribution is -2.37. The lowest BCUT2D eigenvalue weighted by Gasteiger charge is -2.14. The molecule has 1 heterocycles. The van der Waals surface area contributed by atoms with Gasteiger partial charge in [0.05, 0.1) is 39.4 Å². The van der Waals surface area contributed by atoms with Gasteiger partial charge in [-0.1, -0.05) is 23.2 Å². The van der Waals surface area contributed by atoms with Crippen LogP contribution in [0.5, 0.6) is 17.2 Å². The summed E-state index contributed by atoms with van der Waals surface area (Å²) >= 11 is 12.2. The summed E-state index contributed by atoms with van der Waals surface area (Å²) in [6.07, 6.45) is 0. The van der Waals surface area contributed by atoms with Crippen molar-refractivity contribution in [1.29, 1.82) is 0 Å². The summed E-state index contributed by atoms with van der Waals surface area (Å²) in [5.41, 5.74) is 1.88. The zero-order chi connectivity index (χ0) is 20.7. The van der Waals surface area contributed by atoms with Crippen LogP contribution in [0.15, 0.2) is 23.2 Å². The van der Waals surface area contributed by atoms with Gasteiger partial charge in [0.25, 0.3) is 0 Å². The quantitative estimate of drug-likeness (QED) is 0.496. The molecule has 7 nitrogen and oxygen atoms in total. The molecule has 0 bridgehead atoms. The zero-order valence-electron chi connectivity index (χ0n) is 16.7. The van der Waals surface area contributed by atoms with Gasteiger partial charge in [0.2, 0.25) is 5.75 Å². The van der Waals surface area contributed by atoms with Crippen LogP contribution in [0.25, 0.3) is 0 Å². The predicted octanol–water partition coefficient (Wildman–Crippen LogP) is 3.61. The molecule has 9 heteroatoms. The number of rotatable bonds is 8. The van der Waals surface area contributed by atoms with Gasteiger partial charge in [0.15, 0.2) is 17.5 Å². The number of aliphatic imine (C=N–C) groups is 1. The molecule has 0 fully saturated rings. The Kier molecular flexibility index (Phi) is 8.14. The molecule has 0 aliphatic heterocycles. The molecule has 0 spiro atoms. The van der Waals surface area contributed by atoms with E-state index in [9.17, 15) is 0 Å². The molecule has 0 atom stereocenters. The van der Waals surface area contributed by atoms with Crippen LogP contribution < -0.4 is 24.8 Å². The first-order valence-corrected chi connectivity index (χ1v) is 9.51. The Morgan fingerprint density at radius 2 is 1.68 bits per heavy atom. The van der Waals surface area contributed by atoms with Crippen LogP contribution in [0.4, 0.5) is 0 Å². The number of hydrogen-bond acceptors (Lipinski definition) is 4. The fraction of sp³-hybridized carbons (Fsp3) is 0.421. The maximum Gasteiger partial charge on any atom is 0.203 e. The summed E-state index contributed by atoms with van der Waals surface area (Å²) in [4.78, 5) is 4.63. The molecule has 0 aliphatic carbocycles. The first-order chi connectivity index (χ1) is 13.4. The van der Waals surface area contributed by atoms with Crippen LogP contribution in [0.1, 0.15) is 18.2 Å². The molecule has 2 aromatic rings. The molecule has 0 amide bonds. The summed E-state index contributed by atoms with van der Waals surface area (Å²) < 4.78 is 18.0. The van der Waals surface area contributed by atoms with E-state index < -0.39 is 0 Å². The highest BCUT2D eigenvalue weighted by molar-refractivity contribution is 6.41. The van der Waals surface area contributed by atoms with E-state index in [1.165, 1.54) is 0 Å². The Balaban J connectivity index is 2.16. The summed E-state index contributed by atoms with van der Waals surface area (Å²) in [5.74, 6) is 2.42. The molecule has 0 unspecified atom stereocenters. The van der Waals surface area contributed by atoms with Crippen molar-refractivity contribution in [2.75, 3.05) is 27.9 Å². The highest BCUT2D eigenvalue weighted by Crippen LogP contribution is 2.38. The first kappa shape index (κ1) is 22.0. The molecule has 1 aromatic carbocycles. The highest BCUT2D eigenvalue weighted by atomic mass is 35.5. The minimum Gasteiger partial charge on any atom is -0.493 e. The number of halogens is 2. The van der Waals surface area contributed by atoms with Crippen LogP contribution in [0, 0.1) is 0 Å². The van der Waals surface area contributed by atoms with Crippen molar-refractivity contribution < 1.29 is 14.2 Å². The van der Waals surface area contributed by atoms with Crippen LogP contribution in [0.2, 0.25) is 10.2 Å². The van der Waals surface area contributed by atoms with E-state index >= 15 is 0 Å². The van der Waals surface area contributed by atoms with E-state index in [2.05, 4.69) is 15.6 Å². The van der Waals surface area contributed by atoms with Crippen molar-refractivity contribution in [3.63, 3.8) is 0 Å². The second kappa shape index (κ2) is 10.3.